The van der Waals surface area contributed by atoms with Crippen molar-refractivity contribution in [3.63, 3.8) is 0 Å². The fourth-order valence-electron chi connectivity index (χ4n) is 2.00. The summed E-state index contributed by atoms with van der Waals surface area (Å²) in [5.41, 5.74) is 1.37. The molecule has 5 heteroatoms. The average molecular weight is 296 g/mol. The highest BCUT2D eigenvalue weighted by Gasteiger charge is 2.13. The minimum Gasteiger partial charge on any atom is -0.444 e. The van der Waals surface area contributed by atoms with Crippen molar-refractivity contribution in [2.45, 2.75) is 6.54 Å². The molecule has 3 rings (SSSR count). The second-order valence-electron chi connectivity index (χ2n) is 4.68. The zero-order valence-corrected chi connectivity index (χ0v) is 11.6. The number of carbonyl (C=O) groups is 1. The summed E-state index contributed by atoms with van der Waals surface area (Å²) in [6.45, 7) is 0.0963. The van der Waals surface area contributed by atoms with Crippen molar-refractivity contribution < 1.29 is 13.6 Å². The van der Waals surface area contributed by atoms with E-state index in [1.54, 1.807) is 18.2 Å². The van der Waals surface area contributed by atoms with Crippen LogP contribution in [0.5, 0.6) is 0 Å². The third kappa shape index (κ3) is 3.03. The van der Waals surface area contributed by atoms with Crippen LogP contribution in [0.3, 0.4) is 0 Å². The van der Waals surface area contributed by atoms with Gasteiger partial charge in [0.05, 0.1) is 0 Å². The Labute approximate surface area is 126 Å². The Morgan fingerprint density at radius 2 is 1.82 bits per heavy atom. The monoisotopic (exact) mass is 296 g/mol. The molecule has 0 radical (unpaired) electrons. The number of amides is 1. The second-order valence-corrected chi connectivity index (χ2v) is 4.68. The third-order valence-electron chi connectivity index (χ3n) is 3.15. The van der Waals surface area contributed by atoms with E-state index in [1.165, 1.54) is 12.3 Å². The number of hydrogen-bond acceptors (Lipinski definition) is 3. The predicted molar refractivity (Wildman–Crippen MR) is 79.5 cm³/mol. The van der Waals surface area contributed by atoms with Gasteiger partial charge in [0.1, 0.15) is 12.1 Å². The lowest BCUT2D eigenvalue weighted by molar-refractivity contribution is 0.0945. The molecular weight excluding hydrogens is 283 g/mol. The molecule has 0 atom stereocenters. The SMILES string of the molecule is O=C(NCc1ccccc1F)c1coc(-c2ccccc2)n1. The highest BCUT2D eigenvalue weighted by Crippen LogP contribution is 2.17. The van der Waals surface area contributed by atoms with Crippen LogP contribution in [0.15, 0.2) is 65.3 Å². The normalized spacial score (nSPS) is 10.4. The van der Waals surface area contributed by atoms with E-state index < -0.39 is 5.91 Å². The van der Waals surface area contributed by atoms with Gasteiger partial charge in [-0.15, -0.1) is 0 Å². The van der Waals surface area contributed by atoms with Gasteiger partial charge in [-0.05, 0) is 18.2 Å². The van der Waals surface area contributed by atoms with E-state index in [4.69, 9.17) is 4.42 Å². The van der Waals surface area contributed by atoms with Crippen molar-refractivity contribution in [3.05, 3.63) is 77.9 Å². The van der Waals surface area contributed by atoms with Crippen LogP contribution in [0.2, 0.25) is 0 Å². The first-order valence-electron chi connectivity index (χ1n) is 6.76. The maximum Gasteiger partial charge on any atom is 0.273 e. The standard InChI is InChI=1S/C17H13FN2O2/c18-14-9-5-4-8-13(14)10-19-16(21)15-11-22-17(20-15)12-6-2-1-3-7-12/h1-9,11H,10H2,(H,19,21). The van der Waals surface area contributed by atoms with E-state index in [2.05, 4.69) is 10.3 Å². The largest absolute Gasteiger partial charge is 0.444 e. The minimum absolute atomic E-state index is 0.0963. The molecule has 0 saturated heterocycles. The van der Waals surface area contributed by atoms with Gasteiger partial charge < -0.3 is 9.73 Å². The van der Waals surface area contributed by atoms with Crippen LogP contribution in [-0.4, -0.2) is 10.9 Å². The molecule has 4 nitrogen and oxygen atoms in total. The number of nitrogens with one attached hydrogen (secondary N) is 1. The van der Waals surface area contributed by atoms with Crippen molar-refractivity contribution in [3.8, 4) is 11.5 Å². The fourth-order valence-corrected chi connectivity index (χ4v) is 2.00. The van der Waals surface area contributed by atoms with Gasteiger partial charge in [-0.2, -0.15) is 0 Å². The summed E-state index contributed by atoms with van der Waals surface area (Å²) in [5.74, 6) is -0.390. The summed E-state index contributed by atoms with van der Waals surface area (Å²) in [6.07, 6.45) is 1.29. The average Bonchev–Trinajstić information content (AvgIpc) is 3.05. The van der Waals surface area contributed by atoms with E-state index in [1.807, 2.05) is 30.3 Å². The number of hydrogen-bond donors (Lipinski definition) is 1. The number of halogens is 1. The van der Waals surface area contributed by atoms with Crippen LogP contribution in [0.4, 0.5) is 4.39 Å². The van der Waals surface area contributed by atoms with E-state index >= 15 is 0 Å². The first-order chi connectivity index (χ1) is 10.7. The van der Waals surface area contributed by atoms with Gasteiger partial charge >= 0.3 is 0 Å². The molecule has 22 heavy (non-hydrogen) atoms. The molecule has 1 aromatic heterocycles. The van der Waals surface area contributed by atoms with Gasteiger partial charge in [0.2, 0.25) is 5.89 Å². The first-order valence-corrected chi connectivity index (χ1v) is 6.76. The molecule has 0 aliphatic carbocycles. The number of rotatable bonds is 4. The van der Waals surface area contributed by atoms with Crippen LogP contribution in [0.25, 0.3) is 11.5 Å². The maximum atomic E-state index is 13.5. The number of carbonyl (C=O) groups excluding carboxylic acids is 1. The second kappa shape index (κ2) is 6.22. The third-order valence-corrected chi connectivity index (χ3v) is 3.15. The van der Waals surface area contributed by atoms with E-state index in [-0.39, 0.29) is 18.1 Å². The highest BCUT2D eigenvalue weighted by atomic mass is 19.1. The Hall–Kier alpha value is -2.95. The smallest absolute Gasteiger partial charge is 0.273 e. The van der Waals surface area contributed by atoms with Crippen LogP contribution < -0.4 is 5.32 Å². The highest BCUT2D eigenvalue weighted by molar-refractivity contribution is 5.92. The van der Waals surface area contributed by atoms with Crippen molar-refractivity contribution in [1.29, 1.82) is 0 Å². The van der Waals surface area contributed by atoms with E-state index in [9.17, 15) is 9.18 Å². The van der Waals surface area contributed by atoms with Crippen LogP contribution in [0.1, 0.15) is 16.1 Å². The Morgan fingerprint density at radius 3 is 2.59 bits per heavy atom. The van der Waals surface area contributed by atoms with Gasteiger partial charge in [0.15, 0.2) is 5.69 Å². The molecule has 0 spiro atoms. The number of aromatic nitrogens is 1. The topological polar surface area (TPSA) is 55.1 Å². The van der Waals surface area contributed by atoms with Gasteiger partial charge in [-0.1, -0.05) is 36.4 Å². The number of nitrogens with zero attached hydrogens (tertiary/aromatic N) is 1. The van der Waals surface area contributed by atoms with Crippen molar-refractivity contribution in [2.75, 3.05) is 0 Å². The summed E-state index contributed by atoms with van der Waals surface area (Å²) in [7, 11) is 0. The molecule has 1 N–H and O–H groups in total. The maximum absolute atomic E-state index is 13.5. The lowest BCUT2D eigenvalue weighted by atomic mass is 10.2. The zero-order valence-electron chi connectivity index (χ0n) is 11.6. The summed E-state index contributed by atoms with van der Waals surface area (Å²) < 4.78 is 18.8. The van der Waals surface area contributed by atoms with Crippen LogP contribution >= 0.6 is 0 Å². The molecule has 0 saturated carbocycles. The quantitative estimate of drug-likeness (QED) is 0.802. The number of benzene rings is 2. The van der Waals surface area contributed by atoms with Crippen LogP contribution in [-0.2, 0) is 6.54 Å². The van der Waals surface area contributed by atoms with Gasteiger partial charge in [0.25, 0.3) is 5.91 Å². The molecule has 0 aliphatic heterocycles. The van der Waals surface area contributed by atoms with Crippen molar-refractivity contribution >= 4 is 5.91 Å². The van der Waals surface area contributed by atoms with E-state index in [0.29, 0.717) is 11.5 Å². The molecule has 0 unspecified atom stereocenters. The lowest BCUT2D eigenvalue weighted by Crippen LogP contribution is -2.23. The molecule has 0 fully saturated rings. The summed E-state index contributed by atoms with van der Waals surface area (Å²) in [4.78, 5) is 16.2. The Kier molecular flexibility index (Phi) is 3.96. The van der Waals surface area contributed by atoms with Gasteiger partial charge in [0, 0.05) is 17.7 Å². The van der Waals surface area contributed by atoms with Gasteiger partial charge in [-0.3, -0.25) is 4.79 Å². The fraction of sp³-hybridized carbons (Fsp3) is 0.0588. The predicted octanol–water partition coefficient (Wildman–Crippen LogP) is 3.41. The molecule has 0 aliphatic rings. The summed E-state index contributed by atoms with van der Waals surface area (Å²) in [5, 5.41) is 2.62. The molecule has 1 amide bonds. The summed E-state index contributed by atoms with van der Waals surface area (Å²) in [6, 6.07) is 15.6. The van der Waals surface area contributed by atoms with Crippen molar-refractivity contribution in [1.82, 2.24) is 10.3 Å². The first kappa shape index (κ1) is 14.0. The Morgan fingerprint density at radius 1 is 1.09 bits per heavy atom. The summed E-state index contributed by atoms with van der Waals surface area (Å²) >= 11 is 0. The van der Waals surface area contributed by atoms with Crippen LogP contribution in [0, 0.1) is 5.82 Å². The number of oxazole rings is 1. The molecule has 3 aromatic rings. The molecular formula is C17H13FN2O2. The van der Waals surface area contributed by atoms with E-state index in [0.717, 1.165) is 5.56 Å². The Bertz CT molecular complexity index is 784. The molecule has 110 valence electrons. The minimum atomic E-state index is -0.408. The lowest BCUT2D eigenvalue weighted by Gasteiger charge is -2.03. The molecule has 0 bridgehead atoms. The van der Waals surface area contributed by atoms with Crippen molar-refractivity contribution in [2.24, 2.45) is 0 Å². The molecule has 2 aromatic carbocycles. The van der Waals surface area contributed by atoms with Gasteiger partial charge in [-0.25, -0.2) is 9.37 Å². The zero-order chi connectivity index (χ0) is 15.4. The molecule has 1 heterocycles. The Balaban J connectivity index is 1.69.